The molecule has 1 nitrogen and oxygen atoms in total. The van der Waals surface area contributed by atoms with Crippen molar-refractivity contribution in [2.45, 2.75) is 46.2 Å². The molecule has 0 fully saturated rings. The molecule has 0 saturated heterocycles. The predicted octanol–water partition coefficient (Wildman–Crippen LogP) is 4.68. The van der Waals surface area contributed by atoms with E-state index in [1.807, 2.05) is 0 Å². The minimum absolute atomic E-state index is 0.122. The van der Waals surface area contributed by atoms with Crippen molar-refractivity contribution in [1.29, 1.82) is 0 Å². The summed E-state index contributed by atoms with van der Waals surface area (Å²) in [6, 6.07) is 4.25. The third-order valence-corrected chi connectivity index (χ3v) is 3.41. The van der Waals surface area contributed by atoms with Gasteiger partial charge in [0.05, 0.1) is 0 Å². The molecule has 0 unspecified atom stereocenters. The molecule has 1 aromatic carbocycles. The fraction of sp³-hybridized carbons (Fsp3) is 0.538. The summed E-state index contributed by atoms with van der Waals surface area (Å²) in [6.45, 7) is 13.2. The third-order valence-electron chi connectivity index (χ3n) is 2.33. The van der Waals surface area contributed by atoms with E-state index >= 15 is 0 Å². The zero-order chi connectivity index (χ0) is 12.5. The van der Waals surface area contributed by atoms with E-state index in [0.29, 0.717) is 0 Å². The van der Waals surface area contributed by atoms with Crippen molar-refractivity contribution < 1.29 is 4.43 Å². The van der Waals surface area contributed by atoms with Crippen LogP contribution in [0.15, 0.2) is 16.6 Å². The molecule has 3 heteroatoms. The van der Waals surface area contributed by atoms with E-state index in [0.717, 1.165) is 10.2 Å². The van der Waals surface area contributed by atoms with Gasteiger partial charge in [-0.2, -0.15) is 0 Å². The summed E-state index contributed by atoms with van der Waals surface area (Å²) in [5.41, 5.74) is 2.74. The van der Waals surface area contributed by atoms with E-state index in [4.69, 9.17) is 4.43 Å². The average molecular weight is 300 g/mol. The fourth-order valence-electron chi connectivity index (χ4n) is 1.97. The molecule has 0 aliphatic rings. The van der Waals surface area contributed by atoms with Crippen LogP contribution in [0, 0.1) is 6.92 Å². The standard InChI is InChI=1S/C13H20BrOSi/c1-9-7-10(14)8-11(15-16(5)6)12(9)13(2,3)4/h7-8H,1-6H3. The number of aryl methyl sites for hydroxylation is 1. The summed E-state index contributed by atoms with van der Waals surface area (Å²) >= 11 is 3.54. The molecule has 0 heterocycles. The molecule has 0 N–H and O–H groups in total. The Morgan fingerprint density at radius 3 is 2.19 bits per heavy atom. The summed E-state index contributed by atoms with van der Waals surface area (Å²) in [7, 11) is -0.722. The zero-order valence-electron chi connectivity index (χ0n) is 10.9. The van der Waals surface area contributed by atoms with Crippen molar-refractivity contribution in [3.63, 3.8) is 0 Å². The van der Waals surface area contributed by atoms with Gasteiger partial charge in [-0.05, 0) is 43.1 Å². The average Bonchev–Trinajstić information content (AvgIpc) is 1.96. The summed E-state index contributed by atoms with van der Waals surface area (Å²) in [5.74, 6) is 1.04. The maximum absolute atomic E-state index is 6.01. The van der Waals surface area contributed by atoms with Crippen LogP contribution in [0.1, 0.15) is 31.9 Å². The molecule has 0 saturated carbocycles. The van der Waals surface area contributed by atoms with Gasteiger partial charge in [-0.3, -0.25) is 0 Å². The lowest BCUT2D eigenvalue weighted by atomic mass is 9.83. The van der Waals surface area contributed by atoms with E-state index < -0.39 is 9.04 Å². The van der Waals surface area contributed by atoms with Crippen LogP contribution in [0.5, 0.6) is 5.75 Å². The van der Waals surface area contributed by atoms with Gasteiger partial charge in [0, 0.05) is 10.0 Å². The third kappa shape index (κ3) is 3.35. The van der Waals surface area contributed by atoms with Crippen LogP contribution in [-0.2, 0) is 5.41 Å². The Hall–Kier alpha value is -0.283. The molecule has 1 rings (SSSR count). The van der Waals surface area contributed by atoms with Gasteiger partial charge in [0.2, 0.25) is 0 Å². The Morgan fingerprint density at radius 1 is 1.19 bits per heavy atom. The van der Waals surface area contributed by atoms with Crippen molar-refractivity contribution in [3.05, 3.63) is 27.7 Å². The first-order valence-electron chi connectivity index (χ1n) is 5.50. The summed E-state index contributed by atoms with van der Waals surface area (Å²) in [6.07, 6.45) is 0. The smallest absolute Gasteiger partial charge is 0.274 e. The number of halogens is 1. The van der Waals surface area contributed by atoms with Crippen molar-refractivity contribution >= 4 is 25.0 Å². The highest BCUT2D eigenvalue weighted by Crippen LogP contribution is 2.36. The minimum atomic E-state index is -0.722. The molecule has 0 aliphatic heterocycles. The molecule has 1 radical (unpaired) electrons. The van der Waals surface area contributed by atoms with Crippen molar-refractivity contribution in [2.75, 3.05) is 0 Å². The molecule has 0 bridgehead atoms. The van der Waals surface area contributed by atoms with E-state index in [2.05, 4.69) is 68.9 Å². The van der Waals surface area contributed by atoms with Crippen molar-refractivity contribution in [1.82, 2.24) is 0 Å². The lowest BCUT2D eigenvalue weighted by Gasteiger charge is -2.26. The van der Waals surface area contributed by atoms with E-state index in [9.17, 15) is 0 Å². The lowest BCUT2D eigenvalue weighted by Crippen LogP contribution is -2.19. The molecular formula is C13H20BrOSi. The summed E-state index contributed by atoms with van der Waals surface area (Å²) in [4.78, 5) is 0. The Morgan fingerprint density at radius 2 is 1.75 bits per heavy atom. The maximum Gasteiger partial charge on any atom is 0.274 e. The van der Waals surface area contributed by atoms with Gasteiger partial charge >= 0.3 is 0 Å². The van der Waals surface area contributed by atoms with Gasteiger partial charge in [-0.1, -0.05) is 36.7 Å². The summed E-state index contributed by atoms with van der Waals surface area (Å²) in [5, 5.41) is 0. The second-order valence-corrected chi connectivity index (χ2v) is 8.29. The molecular weight excluding hydrogens is 280 g/mol. The van der Waals surface area contributed by atoms with Crippen molar-refractivity contribution in [2.24, 2.45) is 0 Å². The van der Waals surface area contributed by atoms with E-state index in [-0.39, 0.29) is 5.41 Å². The van der Waals surface area contributed by atoms with Crippen LogP contribution in [0.4, 0.5) is 0 Å². The van der Waals surface area contributed by atoms with Gasteiger partial charge in [0.15, 0.2) is 0 Å². The SMILES string of the molecule is Cc1cc(Br)cc(O[Si](C)C)c1C(C)(C)C. The normalized spacial score (nSPS) is 12.0. The van der Waals surface area contributed by atoms with Gasteiger partial charge in [-0.15, -0.1) is 0 Å². The fourth-order valence-corrected chi connectivity index (χ4v) is 3.13. The number of rotatable bonds is 2. The number of hydrogen-bond donors (Lipinski definition) is 0. The molecule has 16 heavy (non-hydrogen) atoms. The lowest BCUT2D eigenvalue weighted by molar-refractivity contribution is 0.517. The zero-order valence-corrected chi connectivity index (χ0v) is 13.5. The molecule has 0 aliphatic carbocycles. The van der Waals surface area contributed by atoms with Gasteiger partial charge < -0.3 is 4.43 Å². The summed E-state index contributed by atoms with van der Waals surface area (Å²) < 4.78 is 7.10. The van der Waals surface area contributed by atoms with Crippen LogP contribution in [0.2, 0.25) is 13.1 Å². The maximum atomic E-state index is 6.01. The molecule has 0 amide bonds. The first-order chi connectivity index (χ1) is 7.21. The molecule has 1 aromatic rings. The molecule has 0 aromatic heterocycles. The van der Waals surface area contributed by atoms with Crippen LogP contribution in [0.3, 0.4) is 0 Å². The second-order valence-electron chi connectivity index (χ2n) is 5.36. The largest absolute Gasteiger partial charge is 0.542 e. The Bertz CT molecular complexity index is 380. The minimum Gasteiger partial charge on any atom is -0.542 e. The Kier molecular flexibility index (Phi) is 4.24. The molecule has 0 spiro atoms. The monoisotopic (exact) mass is 299 g/mol. The molecule has 0 atom stereocenters. The van der Waals surface area contributed by atoms with E-state index in [1.165, 1.54) is 11.1 Å². The number of hydrogen-bond acceptors (Lipinski definition) is 1. The first-order valence-corrected chi connectivity index (χ1v) is 8.70. The highest BCUT2D eigenvalue weighted by molar-refractivity contribution is 9.10. The molecule has 89 valence electrons. The van der Waals surface area contributed by atoms with Crippen LogP contribution in [0.25, 0.3) is 0 Å². The topological polar surface area (TPSA) is 9.23 Å². The van der Waals surface area contributed by atoms with Gasteiger partial charge in [0.25, 0.3) is 9.04 Å². The van der Waals surface area contributed by atoms with Gasteiger partial charge in [-0.25, -0.2) is 0 Å². The van der Waals surface area contributed by atoms with Gasteiger partial charge in [0.1, 0.15) is 5.75 Å². The van der Waals surface area contributed by atoms with Crippen molar-refractivity contribution in [3.8, 4) is 5.75 Å². The first kappa shape index (κ1) is 13.8. The van der Waals surface area contributed by atoms with E-state index in [1.54, 1.807) is 0 Å². The Balaban J connectivity index is 3.33. The highest BCUT2D eigenvalue weighted by Gasteiger charge is 2.22. The van der Waals surface area contributed by atoms with Crippen LogP contribution >= 0.6 is 15.9 Å². The van der Waals surface area contributed by atoms with Crippen LogP contribution < -0.4 is 4.43 Å². The quantitative estimate of drug-likeness (QED) is 0.720. The predicted molar refractivity (Wildman–Crippen MR) is 75.7 cm³/mol. The van der Waals surface area contributed by atoms with Crippen LogP contribution in [-0.4, -0.2) is 9.04 Å². The Labute approximate surface area is 109 Å². The number of benzene rings is 1. The highest BCUT2D eigenvalue weighted by atomic mass is 79.9. The second kappa shape index (κ2) is 4.92.